The molecule has 7 nitrogen and oxygen atoms in total. The van der Waals surface area contributed by atoms with Crippen LogP contribution >= 0.6 is 0 Å². The van der Waals surface area contributed by atoms with Crippen molar-refractivity contribution in [1.29, 1.82) is 0 Å². The molecule has 0 bridgehead atoms. The van der Waals surface area contributed by atoms with Gasteiger partial charge in [0.15, 0.2) is 5.82 Å². The van der Waals surface area contributed by atoms with Gasteiger partial charge in [0.05, 0.1) is 0 Å². The van der Waals surface area contributed by atoms with Crippen LogP contribution in [0.2, 0.25) is 0 Å². The maximum Gasteiger partial charge on any atom is 0.246 e. The molecule has 1 N–H and O–H groups in total. The van der Waals surface area contributed by atoms with E-state index in [2.05, 4.69) is 28.7 Å². The molecule has 3 aromatic rings. The second-order valence-corrected chi connectivity index (χ2v) is 7.82. The molecule has 30 heavy (non-hydrogen) atoms. The molecule has 3 heterocycles. The van der Waals surface area contributed by atoms with E-state index in [0.29, 0.717) is 24.7 Å². The summed E-state index contributed by atoms with van der Waals surface area (Å²) in [6, 6.07) is 11.7. The largest absolute Gasteiger partial charge is 0.457 e. The SMILES string of the molecule is CC(O)c1nccc(N2C(C)CN(C(=O)/C=C/c3cc4ccccc4o3)CC2C)n1. The van der Waals surface area contributed by atoms with E-state index in [9.17, 15) is 9.90 Å². The zero-order valence-electron chi connectivity index (χ0n) is 17.4. The minimum Gasteiger partial charge on any atom is -0.457 e. The highest BCUT2D eigenvalue weighted by molar-refractivity contribution is 5.92. The quantitative estimate of drug-likeness (QED) is 0.669. The van der Waals surface area contributed by atoms with Crippen LogP contribution in [0.25, 0.3) is 17.0 Å². The lowest BCUT2D eigenvalue weighted by Gasteiger charge is -2.45. The van der Waals surface area contributed by atoms with E-state index >= 15 is 0 Å². The fourth-order valence-electron chi connectivity index (χ4n) is 4.01. The van der Waals surface area contributed by atoms with Gasteiger partial charge in [-0.15, -0.1) is 0 Å². The van der Waals surface area contributed by atoms with Crippen molar-refractivity contribution in [2.24, 2.45) is 0 Å². The molecule has 0 spiro atoms. The van der Waals surface area contributed by atoms with Crippen LogP contribution in [0.1, 0.15) is 38.5 Å². The summed E-state index contributed by atoms with van der Waals surface area (Å²) >= 11 is 0. The molecule has 1 saturated heterocycles. The number of aliphatic hydroxyl groups excluding tert-OH is 1. The molecular weight excluding hydrogens is 380 g/mol. The highest BCUT2D eigenvalue weighted by Gasteiger charge is 2.32. The van der Waals surface area contributed by atoms with E-state index in [-0.39, 0.29) is 18.0 Å². The topological polar surface area (TPSA) is 82.7 Å². The van der Waals surface area contributed by atoms with Gasteiger partial charge < -0.3 is 19.3 Å². The fourth-order valence-corrected chi connectivity index (χ4v) is 4.01. The number of fused-ring (bicyclic) bond motifs is 1. The van der Waals surface area contributed by atoms with Crippen LogP contribution in [-0.2, 0) is 4.79 Å². The highest BCUT2D eigenvalue weighted by atomic mass is 16.3. The zero-order chi connectivity index (χ0) is 21.3. The van der Waals surface area contributed by atoms with E-state index in [1.54, 1.807) is 25.3 Å². The van der Waals surface area contributed by atoms with Crippen LogP contribution < -0.4 is 4.90 Å². The Bertz CT molecular complexity index is 1030. The first-order valence-corrected chi connectivity index (χ1v) is 10.2. The van der Waals surface area contributed by atoms with E-state index in [1.165, 1.54) is 0 Å². The van der Waals surface area contributed by atoms with Crippen LogP contribution in [0.5, 0.6) is 0 Å². The van der Waals surface area contributed by atoms with Gasteiger partial charge in [0, 0.05) is 42.8 Å². The number of para-hydroxylation sites is 1. The Morgan fingerprint density at radius 2 is 1.97 bits per heavy atom. The average molecular weight is 406 g/mol. The van der Waals surface area contributed by atoms with Gasteiger partial charge in [-0.2, -0.15) is 0 Å². The van der Waals surface area contributed by atoms with Gasteiger partial charge in [0.25, 0.3) is 0 Å². The van der Waals surface area contributed by atoms with Crippen molar-refractivity contribution in [1.82, 2.24) is 14.9 Å². The van der Waals surface area contributed by atoms with Crippen molar-refractivity contribution in [3.05, 3.63) is 60.3 Å². The Balaban J connectivity index is 1.46. The van der Waals surface area contributed by atoms with E-state index in [0.717, 1.165) is 16.8 Å². The molecule has 0 aliphatic carbocycles. The zero-order valence-corrected chi connectivity index (χ0v) is 17.4. The summed E-state index contributed by atoms with van der Waals surface area (Å²) in [5, 5.41) is 10.8. The third-order valence-electron chi connectivity index (χ3n) is 5.36. The Hall–Kier alpha value is -3.19. The number of amides is 1. The number of rotatable bonds is 4. The molecular formula is C23H26N4O3. The normalized spacial score (nSPS) is 20.8. The number of furan rings is 1. The van der Waals surface area contributed by atoms with Crippen molar-refractivity contribution >= 4 is 28.8 Å². The van der Waals surface area contributed by atoms with Crippen molar-refractivity contribution in [2.75, 3.05) is 18.0 Å². The Morgan fingerprint density at radius 3 is 2.67 bits per heavy atom. The summed E-state index contributed by atoms with van der Waals surface area (Å²) in [5.41, 5.74) is 0.807. The maximum atomic E-state index is 12.8. The molecule has 3 unspecified atom stereocenters. The second kappa shape index (κ2) is 8.28. The predicted octanol–water partition coefficient (Wildman–Crippen LogP) is 3.42. The van der Waals surface area contributed by atoms with Crippen LogP contribution in [0, 0.1) is 0 Å². The molecule has 3 atom stereocenters. The smallest absolute Gasteiger partial charge is 0.246 e. The lowest BCUT2D eigenvalue weighted by Crippen LogP contribution is -2.58. The Kier molecular flexibility index (Phi) is 5.55. The predicted molar refractivity (Wildman–Crippen MR) is 116 cm³/mol. The standard InChI is InChI=1S/C23H26N4O3/c1-15-13-26(14-16(2)27(15)21-10-11-24-23(25-21)17(3)28)22(29)9-8-19-12-18-6-4-5-7-20(18)30-19/h4-12,15-17,28H,13-14H2,1-3H3/b9-8+. The van der Waals surface area contributed by atoms with Crippen molar-refractivity contribution in [3.8, 4) is 0 Å². The van der Waals surface area contributed by atoms with Gasteiger partial charge in [-0.05, 0) is 45.0 Å². The van der Waals surface area contributed by atoms with Crippen molar-refractivity contribution in [2.45, 2.75) is 39.0 Å². The number of benzene rings is 1. The summed E-state index contributed by atoms with van der Waals surface area (Å²) in [6.45, 7) is 6.96. The number of anilines is 1. The number of piperazine rings is 1. The van der Waals surface area contributed by atoms with Gasteiger partial charge in [0.1, 0.15) is 23.3 Å². The first kappa shape index (κ1) is 20.1. The van der Waals surface area contributed by atoms with Gasteiger partial charge in [0.2, 0.25) is 5.91 Å². The number of aromatic nitrogens is 2. The van der Waals surface area contributed by atoms with Gasteiger partial charge in [-0.1, -0.05) is 18.2 Å². The fraction of sp³-hybridized carbons (Fsp3) is 0.348. The highest BCUT2D eigenvalue weighted by Crippen LogP contribution is 2.24. The summed E-state index contributed by atoms with van der Waals surface area (Å²) in [4.78, 5) is 25.4. The molecule has 1 aliphatic rings. The summed E-state index contributed by atoms with van der Waals surface area (Å²) < 4.78 is 5.75. The molecule has 0 saturated carbocycles. The van der Waals surface area contributed by atoms with Crippen molar-refractivity contribution < 1.29 is 14.3 Å². The van der Waals surface area contributed by atoms with Crippen molar-refractivity contribution in [3.63, 3.8) is 0 Å². The molecule has 0 radical (unpaired) electrons. The van der Waals surface area contributed by atoms with Gasteiger partial charge >= 0.3 is 0 Å². The van der Waals surface area contributed by atoms with Crippen LogP contribution in [-0.4, -0.2) is 51.1 Å². The first-order valence-electron chi connectivity index (χ1n) is 10.2. The van der Waals surface area contributed by atoms with Crippen LogP contribution in [0.15, 0.2) is 53.1 Å². The summed E-state index contributed by atoms with van der Waals surface area (Å²) in [7, 11) is 0. The summed E-state index contributed by atoms with van der Waals surface area (Å²) in [6.07, 6.45) is 4.24. The lowest BCUT2D eigenvalue weighted by atomic mass is 10.1. The lowest BCUT2D eigenvalue weighted by molar-refractivity contribution is -0.127. The molecule has 1 aliphatic heterocycles. The number of carbonyl (C=O) groups is 1. The molecule has 1 aromatic carbocycles. The van der Waals surface area contributed by atoms with Crippen LogP contribution in [0.3, 0.4) is 0 Å². The minimum absolute atomic E-state index is 0.0406. The number of hydrogen-bond acceptors (Lipinski definition) is 6. The second-order valence-electron chi connectivity index (χ2n) is 7.82. The maximum absolute atomic E-state index is 12.8. The molecule has 7 heteroatoms. The first-order chi connectivity index (χ1) is 14.4. The number of aliphatic hydroxyl groups is 1. The number of hydrogen-bond donors (Lipinski definition) is 1. The number of nitrogens with zero attached hydrogens (tertiary/aromatic N) is 4. The van der Waals surface area contributed by atoms with Crippen LogP contribution in [0.4, 0.5) is 5.82 Å². The molecule has 2 aromatic heterocycles. The molecule has 4 rings (SSSR count). The Labute approximate surface area is 175 Å². The monoisotopic (exact) mass is 406 g/mol. The minimum atomic E-state index is -0.721. The molecule has 1 amide bonds. The Morgan fingerprint density at radius 1 is 1.23 bits per heavy atom. The third-order valence-corrected chi connectivity index (χ3v) is 5.36. The summed E-state index contributed by atoms with van der Waals surface area (Å²) in [5.74, 6) is 1.79. The van der Waals surface area contributed by atoms with E-state index in [4.69, 9.17) is 4.42 Å². The average Bonchev–Trinajstić information content (AvgIpc) is 3.14. The van der Waals surface area contributed by atoms with E-state index < -0.39 is 6.10 Å². The molecule has 1 fully saturated rings. The van der Waals surface area contributed by atoms with Gasteiger partial charge in [-0.3, -0.25) is 4.79 Å². The molecule has 156 valence electrons. The van der Waals surface area contributed by atoms with Gasteiger partial charge in [-0.25, -0.2) is 9.97 Å². The number of carbonyl (C=O) groups excluding carboxylic acids is 1. The van der Waals surface area contributed by atoms with E-state index in [1.807, 2.05) is 41.3 Å². The third kappa shape index (κ3) is 4.07.